The summed E-state index contributed by atoms with van der Waals surface area (Å²) in [5.74, 6) is 1.12. The van der Waals surface area contributed by atoms with Crippen LogP contribution in [0.25, 0.3) is 0 Å². The topological polar surface area (TPSA) is 9.23 Å². The summed E-state index contributed by atoms with van der Waals surface area (Å²) in [5, 5.41) is 0.159. The van der Waals surface area contributed by atoms with Gasteiger partial charge >= 0.3 is 0 Å². The molecule has 0 heterocycles. The van der Waals surface area contributed by atoms with E-state index in [-0.39, 0.29) is 10.8 Å². The van der Waals surface area contributed by atoms with Crippen molar-refractivity contribution in [3.8, 4) is 0 Å². The zero-order valence-electron chi connectivity index (χ0n) is 9.16. The van der Waals surface area contributed by atoms with Crippen LogP contribution in [-0.2, 0) is 4.74 Å². The molecule has 14 heavy (non-hydrogen) atoms. The van der Waals surface area contributed by atoms with Gasteiger partial charge in [-0.2, -0.15) is 0 Å². The number of halogens is 1. The van der Waals surface area contributed by atoms with E-state index in [2.05, 4.69) is 26.0 Å². The summed E-state index contributed by atoms with van der Waals surface area (Å²) in [6, 6.07) is 0. The molecule has 3 aliphatic carbocycles. The zero-order valence-corrected chi connectivity index (χ0v) is 9.92. The number of fused-ring (bicyclic) bond motifs is 3. The number of ether oxygens (including phenoxy) is 1. The van der Waals surface area contributed by atoms with Gasteiger partial charge in [0.2, 0.25) is 0 Å². The summed E-state index contributed by atoms with van der Waals surface area (Å²) in [4.78, 5) is 0. The first kappa shape index (κ1) is 10.5. The molecule has 0 N–H and O–H groups in total. The largest absolute Gasteiger partial charge is 0.381 e. The molecule has 3 aliphatic rings. The van der Waals surface area contributed by atoms with E-state index in [9.17, 15) is 0 Å². The van der Waals surface area contributed by atoms with Crippen LogP contribution in [0, 0.1) is 17.3 Å². The van der Waals surface area contributed by atoms with Crippen molar-refractivity contribution in [2.45, 2.75) is 38.2 Å². The van der Waals surface area contributed by atoms with E-state index in [1.165, 1.54) is 12.8 Å². The van der Waals surface area contributed by atoms with Crippen molar-refractivity contribution in [2.24, 2.45) is 17.3 Å². The molecule has 4 atom stereocenters. The summed E-state index contributed by atoms with van der Waals surface area (Å²) in [6.07, 6.45) is 7.24. The predicted molar refractivity (Wildman–Crippen MR) is 59.6 cm³/mol. The molecule has 80 valence electrons. The maximum Gasteiger partial charge on any atom is 0.0673 e. The van der Waals surface area contributed by atoms with Crippen LogP contribution in [0.1, 0.15) is 26.7 Å². The smallest absolute Gasteiger partial charge is 0.0673 e. The first-order chi connectivity index (χ1) is 6.57. The minimum absolute atomic E-state index is 0.159. The molecular formula is C12H19ClO. The van der Waals surface area contributed by atoms with Crippen molar-refractivity contribution < 1.29 is 4.74 Å². The highest BCUT2D eigenvalue weighted by Crippen LogP contribution is 2.49. The Hall–Kier alpha value is -0.0100. The summed E-state index contributed by atoms with van der Waals surface area (Å²) in [5.41, 5.74) is 0.234. The third-order valence-electron chi connectivity index (χ3n) is 4.08. The van der Waals surface area contributed by atoms with E-state index in [0.717, 1.165) is 0 Å². The highest BCUT2D eigenvalue weighted by atomic mass is 35.5. The van der Waals surface area contributed by atoms with Gasteiger partial charge in [-0.3, -0.25) is 0 Å². The highest BCUT2D eigenvalue weighted by molar-refractivity contribution is 6.22. The van der Waals surface area contributed by atoms with Crippen LogP contribution >= 0.6 is 11.6 Å². The monoisotopic (exact) mass is 214 g/mol. The normalized spacial score (nSPS) is 45.1. The molecule has 1 fully saturated rings. The summed E-state index contributed by atoms with van der Waals surface area (Å²) in [7, 11) is 1.82. The summed E-state index contributed by atoms with van der Waals surface area (Å²) >= 11 is 6.35. The standard InChI is InChI=1S/C12H19ClO/c1-12(2)8-4-6-9(11(12)14-3)10(13)7-5-8/h5,7-11H,4,6H2,1-3H3/t8-,9+,10-,11+/m0/s1. The maximum atomic E-state index is 6.35. The minimum Gasteiger partial charge on any atom is -0.381 e. The Morgan fingerprint density at radius 2 is 2.00 bits per heavy atom. The average molecular weight is 215 g/mol. The van der Waals surface area contributed by atoms with Crippen molar-refractivity contribution in [1.82, 2.24) is 0 Å². The van der Waals surface area contributed by atoms with E-state index < -0.39 is 0 Å². The number of hydrogen-bond acceptors (Lipinski definition) is 1. The van der Waals surface area contributed by atoms with Gasteiger partial charge in [0.25, 0.3) is 0 Å². The van der Waals surface area contributed by atoms with Gasteiger partial charge in [0.1, 0.15) is 0 Å². The van der Waals surface area contributed by atoms with Gasteiger partial charge in [0, 0.05) is 13.0 Å². The quantitative estimate of drug-likeness (QED) is 0.481. The van der Waals surface area contributed by atoms with Gasteiger partial charge in [-0.05, 0) is 24.2 Å². The Morgan fingerprint density at radius 3 is 2.64 bits per heavy atom. The molecule has 1 nitrogen and oxygen atoms in total. The lowest BCUT2D eigenvalue weighted by atomic mass is 9.64. The number of rotatable bonds is 1. The van der Waals surface area contributed by atoms with Crippen molar-refractivity contribution in [3.05, 3.63) is 12.2 Å². The lowest BCUT2D eigenvalue weighted by Crippen LogP contribution is -2.47. The molecular weight excluding hydrogens is 196 g/mol. The lowest BCUT2D eigenvalue weighted by Gasteiger charge is -2.46. The van der Waals surface area contributed by atoms with Crippen LogP contribution in [0.3, 0.4) is 0 Å². The van der Waals surface area contributed by atoms with Crippen LogP contribution in [0.4, 0.5) is 0 Å². The Kier molecular flexibility index (Phi) is 2.65. The van der Waals surface area contributed by atoms with E-state index in [1.807, 2.05) is 7.11 Å². The summed E-state index contributed by atoms with van der Waals surface area (Å²) < 4.78 is 5.67. The van der Waals surface area contributed by atoms with Crippen LogP contribution in [0.5, 0.6) is 0 Å². The molecule has 2 bridgehead atoms. The molecule has 0 aromatic rings. The number of allylic oxidation sites excluding steroid dienone is 2. The molecule has 0 unspecified atom stereocenters. The van der Waals surface area contributed by atoms with E-state index in [1.54, 1.807) is 0 Å². The van der Waals surface area contributed by atoms with Gasteiger partial charge in [0.05, 0.1) is 11.5 Å². The fraction of sp³-hybridized carbons (Fsp3) is 0.833. The zero-order chi connectivity index (χ0) is 10.3. The van der Waals surface area contributed by atoms with E-state index in [4.69, 9.17) is 16.3 Å². The van der Waals surface area contributed by atoms with E-state index >= 15 is 0 Å². The highest BCUT2D eigenvalue weighted by Gasteiger charge is 2.48. The van der Waals surface area contributed by atoms with Gasteiger partial charge < -0.3 is 4.74 Å². The number of alkyl halides is 1. The van der Waals surface area contributed by atoms with Crippen LogP contribution in [0.2, 0.25) is 0 Å². The number of hydrogen-bond donors (Lipinski definition) is 0. The van der Waals surface area contributed by atoms with E-state index in [0.29, 0.717) is 17.9 Å². The lowest BCUT2D eigenvalue weighted by molar-refractivity contribution is -0.0763. The van der Waals surface area contributed by atoms with Crippen molar-refractivity contribution in [1.29, 1.82) is 0 Å². The molecule has 0 saturated heterocycles. The van der Waals surface area contributed by atoms with Crippen LogP contribution in [0.15, 0.2) is 12.2 Å². The average Bonchev–Trinajstić information content (AvgIpc) is 2.34. The van der Waals surface area contributed by atoms with Gasteiger partial charge in [-0.25, -0.2) is 0 Å². The maximum absolute atomic E-state index is 6.35. The molecule has 0 amide bonds. The predicted octanol–water partition coefficient (Wildman–Crippen LogP) is 3.23. The molecule has 1 saturated carbocycles. The van der Waals surface area contributed by atoms with Crippen LogP contribution < -0.4 is 0 Å². The van der Waals surface area contributed by atoms with Gasteiger partial charge in [-0.15, -0.1) is 11.6 Å². The molecule has 3 rings (SSSR count). The minimum atomic E-state index is 0.159. The third-order valence-corrected chi connectivity index (χ3v) is 4.55. The van der Waals surface area contributed by atoms with Crippen molar-refractivity contribution >= 4 is 11.6 Å². The molecule has 0 aromatic carbocycles. The molecule has 0 spiro atoms. The second-order valence-electron chi connectivity index (χ2n) is 5.15. The first-order valence-electron chi connectivity index (χ1n) is 5.42. The Bertz CT molecular complexity index is 247. The fourth-order valence-electron chi connectivity index (χ4n) is 3.19. The summed E-state index contributed by atoms with van der Waals surface area (Å²) in [6.45, 7) is 4.61. The molecule has 0 radical (unpaired) electrons. The first-order valence-corrected chi connectivity index (χ1v) is 5.86. The SMILES string of the molecule is CO[C@@H]1[C@@H]2CC[C@@H](C=C[C@@H]2Cl)C1(C)C. The Labute approximate surface area is 91.5 Å². The fourth-order valence-corrected chi connectivity index (χ4v) is 3.53. The van der Waals surface area contributed by atoms with Crippen LogP contribution in [-0.4, -0.2) is 18.6 Å². The molecule has 2 heteroatoms. The van der Waals surface area contributed by atoms with Crippen molar-refractivity contribution in [2.75, 3.05) is 7.11 Å². The van der Waals surface area contributed by atoms with Gasteiger partial charge in [0.15, 0.2) is 0 Å². The molecule has 0 aromatic heterocycles. The second-order valence-corrected chi connectivity index (χ2v) is 5.66. The second kappa shape index (κ2) is 3.53. The van der Waals surface area contributed by atoms with Crippen molar-refractivity contribution in [3.63, 3.8) is 0 Å². The Morgan fingerprint density at radius 1 is 1.29 bits per heavy atom. The van der Waals surface area contributed by atoms with Gasteiger partial charge in [-0.1, -0.05) is 26.0 Å². The Balaban J connectivity index is 2.35. The molecule has 0 aliphatic heterocycles. The third kappa shape index (κ3) is 1.42. The number of methoxy groups -OCH3 is 1.